The van der Waals surface area contributed by atoms with Gasteiger partial charge in [-0.1, -0.05) is 60.7 Å². The smallest absolute Gasteiger partial charge is 0.284 e. The summed E-state index contributed by atoms with van der Waals surface area (Å²) >= 11 is 0. The first-order chi connectivity index (χ1) is 10.8. The van der Waals surface area contributed by atoms with E-state index in [1.807, 2.05) is 60.7 Å². The van der Waals surface area contributed by atoms with Crippen molar-refractivity contribution in [2.45, 2.75) is 0 Å². The lowest BCUT2D eigenvalue weighted by molar-refractivity contribution is 0.0975. The first kappa shape index (κ1) is 13.7. The predicted molar refractivity (Wildman–Crippen MR) is 83.1 cm³/mol. The molecule has 1 amide bonds. The van der Waals surface area contributed by atoms with Gasteiger partial charge in [0.2, 0.25) is 0 Å². The van der Waals surface area contributed by atoms with E-state index < -0.39 is 5.91 Å². The molecule has 2 aromatic carbocycles. The minimum Gasteiger partial charge on any atom is -0.460 e. The number of azide groups is 1. The summed E-state index contributed by atoms with van der Waals surface area (Å²) < 4.78 is 5.40. The number of nitrogens with zero attached hydrogens (tertiary/aromatic N) is 3. The summed E-state index contributed by atoms with van der Waals surface area (Å²) in [5, 5.41) is 3.14. The van der Waals surface area contributed by atoms with Crippen LogP contribution in [0.3, 0.4) is 0 Å². The predicted octanol–water partition coefficient (Wildman–Crippen LogP) is 5.06. The second-order valence-electron chi connectivity index (χ2n) is 4.58. The van der Waals surface area contributed by atoms with Crippen molar-refractivity contribution in [1.82, 2.24) is 0 Å². The van der Waals surface area contributed by atoms with Gasteiger partial charge in [0.25, 0.3) is 5.91 Å². The maximum atomic E-state index is 12.0. The third kappa shape index (κ3) is 2.49. The van der Waals surface area contributed by atoms with Crippen LogP contribution < -0.4 is 0 Å². The lowest BCUT2D eigenvalue weighted by Crippen LogP contribution is -1.94. The summed E-state index contributed by atoms with van der Waals surface area (Å²) in [4.78, 5) is 14.5. The van der Waals surface area contributed by atoms with Crippen molar-refractivity contribution in [2.24, 2.45) is 5.11 Å². The standard InChI is InChI=1S/C17H11N3O2/c18-20-19-17(21)16-15(13-9-5-2-6-10-13)14(11-22-16)12-7-3-1-4-8-12/h1-11H. The molecule has 0 saturated heterocycles. The molecule has 106 valence electrons. The monoisotopic (exact) mass is 289 g/mol. The van der Waals surface area contributed by atoms with Crippen LogP contribution in [0, 0.1) is 0 Å². The maximum Gasteiger partial charge on any atom is 0.284 e. The molecular weight excluding hydrogens is 278 g/mol. The van der Waals surface area contributed by atoms with Crippen molar-refractivity contribution in [3.63, 3.8) is 0 Å². The van der Waals surface area contributed by atoms with Crippen LogP contribution in [0.1, 0.15) is 10.6 Å². The van der Waals surface area contributed by atoms with Crippen molar-refractivity contribution in [2.75, 3.05) is 0 Å². The van der Waals surface area contributed by atoms with Crippen LogP contribution in [-0.2, 0) is 0 Å². The van der Waals surface area contributed by atoms with Crippen LogP contribution in [0.2, 0.25) is 0 Å². The second-order valence-corrected chi connectivity index (χ2v) is 4.58. The summed E-state index contributed by atoms with van der Waals surface area (Å²) in [6.07, 6.45) is 1.51. The number of furan rings is 1. The Bertz CT molecular complexity index is 848. The lowest BCUT2D eigenvalue weighted by Gasteiger charge is -2.05. The van der Waals surface area contributed by atoms with Crippen LogP contribution >= 0.6 is 0 Å². The van der Waals surface area contributed by atoms with Crippen molar-refractivity contribution in [3.8, 4) is 22.3 Å². The van der Waals surface area contributed by atoms with E-state index in [1.54, 1.807) is 0 Å². The van der Waals surface area contributed by atoms with Crippen molar-refractivity contribution in [3.05, 3.63) is 83.1 Å². The minimum atomic E-state index is -0.733. The van der Waals surface area contributed by atoms with Gasteiger partial charge >= 0.3 is 0 Å². The Balaban J connectivity index is 2.24. The molecule has 0 aliphatic carbocycles. The van der Waals surface area contributed by atoms with Gasteiger partial charge in [0.05, 0.1) is 6.26 Å². The Kier molecular flexibility index (Phi) is 3.72. The molecule has 0 N–H and O–H groups in total. The molecular formula is C17H11N3O2. The lowest BCUT2D eigenvalue weighted by atomic mass is 9.97. The molecule has 0 unspecified atom stereocenters. The number of rotatable bonds is 3. The molecule has 0 aliphatic heterocycles. The van der Waals surface area contributed by atoms with Gasteiger partial charge in [0, 0.05) is 16.0 Å². The molecule has 3 aromatic rings. The highest BCUT2D eigenvalue weighted by molar-refractivity contribution is 6.03. The number of carbonyl (C=O) groups is 1. The van der Waals surface area contributed by atoms with E-state index in [0.29, 0.717) is 5.56 Å². The number of hydrogen-bond acceptors (Lipinski definition) is 2. The Morgan fingerprint density at radius 2 is 1.55 bits per heavy atom. The first-order valence-electron chi connectivity index (χ1n) is 6.63. The van der Waals surface area contributed by atoms with Gasteiger partial charge < -0.3 is 4.42 Å². The molecule has 1 aromatic heterocycles. The summed E-state index contributed by atoms with van der Waals surface area (Å²) in [6, 6.07) is 19.0. The molecule has 0 spiro atoms. The molecule has 3 rings (SSSR count). The van der Waals surface area contributed by atoms with Gasteiger partial charge in [-0.25, -0.2) is 0 Å². The van der Waals surface area contributed by atoms with E-state index in [2.05, 4.69) is 10.0 Å². The Morgan fingerprint density at radius 1 is 0.955 bits per heavy atom. The fraction of sp³-hybridized carbons (Fsp3) is 0. The molecule has 0 saturated carbocycles. The number of carbonyl (C=O) groups excluding carboxylic acids is 1. The van der Waals surface area contributed by atoms with Crippen molar-refractivity contribution >= 4 is 5.91 Å². The van der Waals surface area contributed by atoms with Gasteiger partial charge in [-0.15, -0.1) is 0 Å². The molecule has 5 heteroatoms. The van der Waals surface area contributed by atoms with E-state index >= 15 is 0 Å². The van der Waals surface area contributed by atoms with Gasteiger partial charge in [-0.2, -0.15) is 0 Å². The zero-order chi connectivity index (χ0) is 15.4. The van der Waals surface area contributed by atoms with Crippen LogP contribution in [0.5, 0.6) is 0 Å². The second kappa shape index (κ2) is 5.99. The fourth-order valence-corrected chi connectivity index (χ4v) is 2.32. The Morgan fingerprint density at radius 3 is 2.14 bits per heavy atom. The van der Waals surface area contributed by atoms with Gasteiger partial charge in [0.1, 0.15) is 0 Å². The molecule has 0 fully saturated rings. The highest BCUT2D eigenvalue weighted by Crippen LogP contribution is 2.36. The van der Waals surface area contributed by atoms with Crippen LogP contribution in [0.25, 0.3) is 32.7 Å². The quantitative estimate of drug-likeness (QED) is 0.383. The third-order valence-corrected chi connectivity index (χ3v) is 3.27. The highest BCUT2D eigenvalue weighted by atomic mass is 16.3. The molecule has 5 nitrogen and oxygen atoms in total. The Labute approximate surface area is 126 Å². The zero-order valence-electron chi connectivity index (χ0n) is 11.5. The molecule has 0 aliphatic rings. The normalized spacial score (nSPS) is 10.0. The van der Waals surface area contributed by atoms with E-state index in [0.717, 1.165) is 16.7 Å². The van der Waals surface area contributed by atoms with Crippen LogP contribution in [-0.4, -0.2) is 5.91 Å². The average Bonchev–Trinajstić information content (AvgIpc) is 3.02. The molecule has 0 radical (unpaired) electrons. The zero-order valence-corrected chi connectivity index (χ0v) is 11.5. The van der Waals surface area contributed by atoms with Gasteiger partial charge in [0.15, 0.2) is 5.76 Å². The summed E-state index contributed by atoms with van der Waals surface area (Å²) in [6.45, 7) is 0. The largest absolute Gasteiger partial charge is 0.460 e. The molecule has 1 heterocycles. The van der Waals surface area contributed by atoms with Gasteiger partial charge in [-0.3, -0.25) is 4.79 Å². The summed E-state index contributed by atoms with van der Waals surface area (Å²) in [5.74, 6) is -0.689. The summed E-state index contributed by atoms with van der Waals surface area (Å²) in [5.41, 5.74) is 11.6. The minimum absolute atomic E-state index is 0.0443. The topological polar surface area (TPSA) is 79.0 Å². The average molecular weight is 289 g/mol. The van der Waals surface area contributed by atoms with E-state index in [1.165, 1.54) is 6.26 Å². The number of hydrogen-bond donors (Lipinski definition) is 0. The first-order valence-corrected chi connectivity index (χ1v) is 6.63. The van der Waals surface area contributed by atoms with Crippen LogP contribution in [0.4, 0.5) is 0 Å². The van der Waals surface area contributed by atoms with E-state index in [-0.39, 0.29) is 5.76 Å². The Hall–Kier alpha value is -3.30. The molecule has 0 bridgehead atoms. The highest BCUT2D eigenvalue weighted by Gasteiger charge is 2.21. The summed E-state index contributed by atoms with van der Waals surface area (Å²) in [7, 11) is 0. The van der Waals surface area contributed by atoms with Crippen molar-refractivity contribution < 1.29 is 9.21 Å². The maximum absolute atomic E-state index is 12.0. The number of amides is 1. The van der Waals surface area contributed by atoms with Gasteiger partial charge in [-0.05, 0) is 21.8 Å². The molecule has 0 atom stereocenters. The van der Waals surface area contributed by atoms with Crippen molar-refractivity contribution in [1.29, 1.82) is 0 Å². The third-order valence-electron chi connectivity index (χ3n) is 3.27. The number of benzene rings is 2. The van der Waals surface area contributed by atoms with Crippen LogP contribution in [0.15, 0.2) is 76.5 Å². The SMILES string of the molecule is [N-]=[N+]=NC(=O)c1occ(-c2ccccc2)c1-c1ccccc1. The van der Waals surface area contributed by atoms with E-state index in [9.17, 15) is 4.79 Å². The van der Waals surface area contributed by atoms with E-state index in [4.69, 9.17) is 9.95 Å². The fourth-order valence-electron chi connectivity index (χ4n) is 2.32. The molecule has 22 heavy (non-hydrogen) atoms.